The van der Waals surface area contributed by atoms with E-state index in [0.29, 0.717) is 0 Å². The Morgan fingerprint density at radius 1 is 0.971 bits per heavy atom. The van der Waals surface area contributed by atoms with E-state index in [2.05, 4.69) is 51.2 Å². The van der Waals surface area contributed by atoms with Crippen LogP contribution in [0.4, 0.5) is 5.69 Å². The van der Waals surface area contributed by atoms with Crippen molar-refractivity contribution >= 4 is 34.1 Å². The Morgan fingerprint density at radius 2 is 1.77 bits per heavy atom. The minimum atomic E-state index is 0.0229. The summed E-state index contributed by atoms with van der Waals surface area (Å²) in [5.74, 6) is 0.855. The molecule has 3 aromatic carbocycles. The number of ether oxygens (including phenoxy) is 1. The van der Waals surface area contributed by atoms with Gasteiger partial charge in [0.25, 0.3) is 0 Å². The summed E-state index contributed by atoms with van der Waals surface area (Å²) in [5, 5.41) is 5.06. The number of rotatable bonds is 7. The summed E-state index contributed by atoms with van der Waals surface area (Å²) in [7, 11) is 1.63. The van der Waals surface area contributed by atoms with E-state index in [0.717, 1.165) is 55.5 Å². The summed E-state index contributed by atoms with van der Waals surface area (Å²) in [6.07, 6.45) is 1.70. The van der Waals surface area contributed by atoms with Crippen LogP contribution in [0.3, 0.4) is 0 Å². The molecule has 1 aliphatic rings. The molecular formula is C29H30ClN3O2. The highest BCUT2D eigenvalue weighted by Crippen LogP contribution is 2.26. The number of hydrogen-bond acceptors (Lipinski definition) is 3. The average Bonchev–Trinajstić information content (AvgIpc) is 3.21. The number of aromatic nitrogens is 1. The van der Waals surface area contributed by atoms with Crippen molar-refractivity contribution in [2.24, 2.45) is 5.92 Å². The zero-order valence-electron chi connectivity index (χ0n) is 19.9. The van der Waals surface area contributed by atoms with Gasteiger partial charge < -0.3 is 14.6 Å². The van der Waals surface area contributed by atoms with Crippen molar-refractivity contribution in [1.29, 1.82) is 0 Å². The van der Waals surface area contributed by atoms with Crippen LogP contribution >= 0.6 is 11.6 Å². The van der Waals surface area contributed by atoms with Crippen LogP contribution in [0.25, 0.3) is 10.9 Å². The van der Waals surface area contributed by atoms with Gasteiger partial charge in [-0.15, -0.1) is 0 Å². The van der Waals surface area contributed by atoms with Crippen LogP contribution in [0.1, 0.15) is 24.1 Å². The first-order chi connectivity index (χ1) is 17.1. The molecule has 0 aliphatic carbocycles. The molecule has 1 N–H and O–H groups in total. The predicted molar refractivity (Wildman–Crippen MR) is 142 cm³/mol. The highest BCUT2D eigenvalue weighted by molar-refractivity contribution is 6.30. The van der Waals surface area contributed by atoms with Crippen LogP contribution in [-0.2, 0) is 17.9 Å². The van der Waals surface area contributed by atoms with Crippen molar-refractivity contribution in [3.63, 3.8) is 0 Å². The first kappa shape index (κ1) is 23.5. The Hall–Kier alpha value is -3.28. The maximum atomic E-state index is 12.8. The van der Waals surface area contributed by atoms with Crippen molar-refractivity contribution in [3.8, 4) is 5.75 Å². The molecule has 1 fully saturated rings. The fourth-order valence-corrected chi connectivity index (χ4v) is 5.14. The van der Waals surface area contributed by atoms with Crippen molar-refractivity contribution in [3.05, 3.63) is 95.1 Å². The number of piperidine rings is 1. The normalized spacial score (nSPS) is 14.8. The number of para-hydroxylation sites is 1. The molecule has 0 bridgehead atoms. The van der Waals surface area contributed by atoms with Crippen LogP contribution < -0.4 is 10.1 Å². The molecule has 35 heavy (non-hydrogen) atoms. The van der Waals surface area contributed by atoms with Gasteiger partial charge in [0.2, 0.25) is 5.91 Å². The van der Waals surface area contributed by atoms with Gasteiger partial charge in [-0.3, -0.25) is 9.69 Å². The minimum Gasteiger partial charge on any atom is -0.497 e. The lowest BCUT2D eigenvalue weighted by atomic mass is 9.95. The van der Waals surface area contributed by atoms with E-state index in [1.807, 2.05) is 42.5 Å². The predicted octanol–water partition coefficient (Wildman–Crippen LogP) is 6.20. The molecule has 5 nitrogen and oxygen atoms in total. The van der Waals surface area contributed by atoms with Crippen molar-refractivity contribution < 1.29 is 9.53 Å². The van der Waals surface area contributed by atoms with Gasteiger partial charge >= 0.3 is 0 Å². The molecule has 6 heteroatoms. The number of hydrogen-bond donors (Lipinski definition) is 1. The third-order valence-corrected chi connectivity index (χ3v) is 7.04. The van der Waals surface area contributed by atoms with E-state index in [9.17, 15) is 4.79 Å². The topological polar surface area (TPSA) is 46.5 Å². The highest BCUT2D eigenvalue weighted by Gasteiger charge is 2.26. The van der Waals surface area contributed by atoms with E-state index < -0.39 is 0 Å². The Bertz CT molecular complexity index is 1320. The summed E-state index contributed by atoms with van der Waals surface area (Å²) < 4.78 is 7.65. The van der Waals surface area contributed by atoms with E-state index in [1.165, 1.54) is 22.2 Å². The number of fused-ring (bicyclic) bond motifs is 1. The second kappa shape index (κ2) is 10.5. The number of anilines is 1. The van der Waals surface area contributed by atoms with E-state index in [1.54, 1.807) is 7.11 Å². The molecule has 1 aromatic heterocycles. The molecule has 180 valence electrons. The summed E-state index contributed by atoms with van der Waals surface area (Å²) in [5.41, 5.74) is 4.48. The standard InChI is InChI=1S/C29H30ClN3O2/c1-35-27-10-5-9-25(18-27)31-29(34)22-12-14-32(15-13-22)20-26-17-23-7-2-3-11-28(23)33(26)19-21-6-4-8-24(30)16-21/h2-11,16-18,22H,12-15,19-20H2,1H3,(H,31,34). The maximum absolute atomic E-state index is 12.8. The van der Waals surface area contributed by atoms with Gasteiger partial charge in [0, 0.05) is 47.0 Å². The second-order valence-corrected chi connectivity index (χ2v) is 9.62. The first-order valence-electron chi connectivity index (χ1n) is 12.1. The number of carbonyl (C=O) groups excluding carboxylic acids is 1. The lowest BCUT2D eigenvalue weighted by molar-refractivity contribution is -0.121. The van der Waals surface area contributed by atoms with Crippen molar-refractivity contribution in [2.75, 3.05) is 25.5 Å². The Kier molecular flexibility index (Phi) is 7.07. The molecule has 1 saturated heterocycles. The summed E-state index contributed by atoms with van der Waals surface area (Å²) >= 11 is 6.25. The Morgan fingerprint density at radius 3 is 2.57 bits per heavy atom. The number of likely N-dealkylation sites (tertiary alicyclic amines) is 1. The molecule has 0 atom stereocenters. The van der Waals surface area contributed by atoms with Crippen LogP contribution in [0, 0.1) is 5.92 Å². The number of carbonyl (C=O) groups is 1. The number of benzene rings is 3. The fraction of sp³-hybridized carbons (Fsp3) is 0.276. The Balaban J connectivity index is 1.25. The zero-order chi connectivity index (χ0) is 24.2. The summed E-state index contributed by atoms with van der Waals surface area (Å²) in [4.78, 5) is 15.3. The maximum Gasteiger partial charge on any atom is 0.227 e. The monoisotopic (exact) mass is 487 g/mol. The third-order valence-electron chi connectivity index (χ3n) is 6.81. The number of amides is 1. The van der Waals surface area contributed by atoms with Crippen LogP contribution in [0.15, 0.2) is 78.9 Å². The lowest BCUT2D eigenvalue weighted by Crippen LogP contribution is -2.38. The summed E-state index contributed by atoms with van der Waals surface area (Å²) in [6, 6.07) is 26.4. The summed E-state index contributed by atoms with van der Waals surface area (Å²) in [6.45, 7) is 3.44. The number of nitrogens with zero attached hydrogens (tertiary/aromatic N) is 2. The van der Waals surface area contributed by atoms with Crippen LogP contribution in [0.2, 0.25) is 5.02 Å². The molecule has 0 radical (unpaired) electrons. The molecule has 1 aliphatic heterocycles. The smallest absolute Gasteiger partial charge is 0.227 e. The van der Waals surface area contributed by atoms with Crippen LogP contribution in [0.5, 0.6) is 5.75 Å². The molecule has 0 unspecified atom stereocenters. The molecule has 0 saturated carbocycles. The van der Waals surface area contributed by atoms with E-state index in [-0.39, 0.29) is 11.8 Å². The second-order valence-electron chi connectivity index (χ2n) is 9.18. The number of nitrogens with one attached hydrogen (secondary N) is 1. The third kappa shape index (κ3) is 5.53. The highest BCUT2D eigenvalue weighted by atomic mass is 35.5. The van der Waals surface area contributed by atoms with E-state index in [4.69, 9.17) is 16.3 Å². The quantitative estimate of drug-likeness (QED) is 0.337. The molecule has 1 amide bonds. The van der Waals surface area contributed by atoms with Gasteiger partial charge in [0.1, 0.15) is 5.75 Å². The van der Waals surface area contributed by atoms with Gasteiger partial charge in [0.15, 0.2) is 0 Å². The SMILES string of the molecule is COc1cccc(NC(=O)C2CCN(Cc3cc4ccccc4n3Cc3cccc(Cl)c3)CC2)c1. The molecule has 4 aromatic rings. The zero-order valence-corrected chi connectivity index (χ0v) is 20.7. The first-order valence-corrected chi connectivity index (χ1v) is 12.5. The molecule has 5 rings (SSSR count). The number of methoxy groups -OCH3 is 1. The molecular weight excluding hydrogens is 458 g/mol. The number of halogens is 1. The van der Waals surface area contributed by atoms with Gasteiger partial charge in [-0.25, -0.2) is 0 Å². The molecule has 0 spiro atoms. The fourth-order valence-electron chi connectivity index (χ4n) is 4.93. The van der Waals surface area contributed by atoms with E-state index >= 15 is 0 Å². The van der Waals surface area contributed by atoms with Gasteiger partial charge in [-0.1, -0.05) is 48.0 Å². The van der Waals surface area contributed by atoms with Gasteiger partial charge in [0.05, 0.1) is 7.11 Å². The lowest BCUT2D eigenvalue weighted by Gasteiger charge is -2.31. The van der Waals surface area contributed by atoms with Gasteiger partial charge in [-0.2, -0.15) is 0 Å². The average molecular weight is 488 g/mol. The van der Waals surface area contributed by atoms with Crippen LogP contribution in [-0.4, -0.2) is 35.6 Å². The van der Waals surface area contributed by atoms with Crippen molar-refractivity contribution in [2.45, 2.75) is 25.9 Å². The Labute approximate surface area is 211 Å². The molecule has 2 heterocycles. The minimum absolute atomic E-state index is 0.0229. The van der Waals surface area contributed by atoms with Crippen molar-refractivity contribution in [1.82, 2.24) is 9.47 Å². The largest absolute Gasteiger partial charge is 0.497 e. The van der Waals surface area contributed by atoms with Gasteiger partial charge in [-0.05, 0) is 73.3 Å².